The fourth-order valence-corrected chi connectivity index (χ4v) is 0.749. The van der Waals surface area contributed by atoms with Crippen LogP contribution in [0.3, 0.4) is 0 Å². The van der Waals surface area contributed by atoms with E-state index in [1.165, 1.54) is 0 Å². The topological polar surface area (TPSA) is 75.5 Å². The molecule has 0 aliphatic heterocycles. The number of nitrogens with zero attached hydrogens (tertiary/aromatic N) is 2. The van der Waals surface area contributed by atoms with E-state index in [9.17, 15) is 0 Å². The van der Waals surface area contributed by atoms with Crippen molar-refractivity contribution in [1.29, 1.82) is 0 Å². The molecule has 2 N–H and O–H groups in total. The van der Waals surface area contributed by atoms with E-state index in [2.05, 4.69) is 9.97 Å². The Balaban J connectivity index is 2.45. The molecule has 1 atom stereocenters. The maximum atomic E-state index is 8.97. The number of ether oxygens (including phenoxy) is 1. The number of hydrogen-bond acceptors (Lipinski definition) is 5. The van der Waals surface area contributed by atoms with Gasteiger partial charge in [-0.3, -0.25) is 0 Å². The second-order valence-corrected chi connectivity index (χ2v) is 2.59. The molecule has 0 amide bonds. The van der Waals surface area contributed by atoms with Crippen molar-refractivity contribution in [2.45, 2.75) is 13.0 Å². The number of hydrogen-bond donors (Lipinski definition) is 2. The summed E-state index contributed by atoms with van der Waals surface area (Å²) in [4.78, 5) is 7.84. The van der Waals surface area contributed by atoms with Gasteiger partial charge in [0.25, 0.3) is 0 Å². The summed E-state index contributed by atoms with van der Waals surface area (Å²) in [6, 6.07) is 1.59. The lowest BCUT2D eigenvalue weighted by atomic mass is 10.4. The highest BCUT2D eigenvalue weighted by molar-refractivity contribution is 5.07. The summed E-state index contributed by atoms with van der Waals surface area (Å²) in [5.41, 5.74) is 0. The summed E-state index contributed by atoms with van der Waals surface area (Å²) in [5.74, 6) is 1.01. The number of aromatic nitrogens is 2. The van der Waals surface area contributed by atoms with Crippen molar-refractivity contribution in [3.05, 3.63) is 18.1 Å². The molecule has 0 aromatic carbocycles. The second kappa shape index (κ2) is 4.74. The first-order chi connectivity index (χ1) is 6.22. The average Bonchev–Trinajstić information content (AvgIpc) is 2.14. The van der Waals surface area contributed by atoms with Crippen LogP contribution in [-0.4, -0.2) is 39.5 Å². The standard InChI is InChI=1S/C8H12N2O3/c1-6-9-3-2-8(10-6)13-5-7(12)4-11/h2-3,7,11-12H,4-5H2,1H3. The van der Waals surface area contributed by atoms with E-state index < -0.39 is 6.10 Å². The molecule has 0 saturated carbocycles. The number of rotatable bonds is 4. The number of aryl methyl sites for hydroxylation is 1. The fourth-order valence-electron chi connectivity index (χ4n) is 0.749. The van der Waals surface area contributed by atoms with Gasteiger partial charge in [-0.2, -0.15) is 4.98 Å². The minimum Gasteiger partial charge on any atom is -0.475 e. The van der Waals surface area contributed by atoms with E-state index in [0.717, 1.165) is 0 Å². The Morgan fingerprint density at radius 3 is 3.00 bits per heavy atom. The Morgan fingerprint density at radius 1 is 1.62 bits per heavy atom. The van der Waals surface area contributed by atoms with E-state index >= 15 is 0 Å². The average molecular weight is 184 g/mol. The zero-order chi connectivity index (χ0) is 9.68. The highest BCUT2D eigenvalue weighted by atomic mass is 16.5. The predicted octanol–water partition coefficient (Wildman–Crippen LogP) is -0.483. The lowest BCUT2D eigenvalue weighted by Crippen LogP contribution is -2.21. The molecule has 0 spiro atoms. The van der Waals surface area contributed by atoms with Gasteiger partial charge in [0.1, 0.15) is 18.5 Å². The molecule has 0 fully saturated rings. The first kappa shape index (κ1) is 9.88. The smallest absolute Gasteiger partial charge is 0.216 e. The molecule has 0 aliphatic carbocycles. The largest absolute Gasteiger partial charge is 0.475 e. The third-order valence-electron chi connectivity index (χ3n) is 1.38. The van der Waals surface area contributed by atoms with E-state index in [1.807, 2.05) is 0 Å². The molecular formula is C8H12N2O3. The molecule has 0 bridgehead atoms. The van der Waals surface area contributed by atoms with Gasteiger partial charge in [0, 0.05) is 12.3 Å². The van der Waals surface area contributed by atoms with E-state index in [4.69, 9.17) is 14.9 Å². The van der Waals surface area contributed by atoms with Crippen molar-refractivity contribution < 1.29 is 14.9 Å². The molecule has 0 aliphatic rings. The van der Waals surface area contributed by atoms with Crippen molar-refractivity contribution >= 4 is 0 Å². The van der Waals surface area contributed by atoms with Crippen LogP contribution < -0.4 is 4.74 Å². The number of aliphatic hydroxyl groups excluding tert-OH is 2. The molecule has 5 nitrogen and oxygen atoms in total. The molecule has 5 heteroatoms. The zero-order valence-electron chi connectivity index (χ0n) is 7.34. The number of aliphatic hydroxyl groups is 2. The first-order valence-electron chi connectivity index (χ1n) is 3.93. The fraction of sp³-hybridized carbons (Fsp3) is 0.500. The van der Waals surface area contributed by atoms with Crippen molar-refractivity contribution in [3.8, 4) is 5.88 Å². The molecule has 13 heavy (non-hydrogen) atoms. The Labute approximate surface area is 76.0 Å². The Hall–Kier alpha value is -1.20. The highest BCUT2D eigenvalue weighted by Gasteiger charge is 2.03. The minimum atomic E-state index is -0.865. The van der Waals surface area contributed by atoms with Gasteiger partial charge in [-0.25, -0.2) is 4.98 Å². The van der Waals surface area contributed by atoms with Crippen LogP contribution in [0, 0.1) is 6.92 Å². The summed E-state index contributed by atoms with van der Waals surface area (Å²) in [6.45, 7) is 1.46. The third-order valence-corrected chi connectivity index (χ3v) is 1.38. The lowest BCUT2D eigenvalue weighted by molar-refractivity contribution is 0.0520. The maximum Gasteiger partial charge on any atom is 0.216 e. The van der Waals surface area contributed by atoms with Gasteiger partial charge in [-0.15, -0.1) is 0 Å². The van der Waals surface area contributed by atoms with Crippen molar-refractivity contribution in [2.75, 3.05) is 13.2 Å². The SMILES string of the molecule is Cc1nccc(OCC(O)CO)n1. The van der Waals surface area contributed by atoms with Crippen LogP contribution in [0.1, 0.15) is 5.82 Å². The summed E-state index contributed by atoms with van der Waals surface area (Å²) in [7, 11) is 0. The van der Waals surface area contributed by atoms with E-state index in [1.54, 1.807) is 19.2 Å². The molecule has 1 aromatic heterocycles. The van der Waals surface area contributed by atoms with Crippen LogP contribution in [0.2, 0.25) is 0 Å². The van der Waals surface area contributed by atoms with Gasteiger partial charge in [0.05, 0.1) is 6.61 Å². The van der Waals surface area contributed by atoms with Gasteiger partial charge in [0.2, 0.25) is 5.88 Å². The lowest BCUT2D eigenvalue weighted by Gasteiger charge is -2.08. The molecule has 1 rings (SSSR count). The Morgan fingerprint density at radius 2 is 2.38 bits per heavy atom. The van der Waals surface area contributed by atoms with Gasteiger partial charge in [-0.05, 0) is 6.92 Å². The van der Waals surface area contributed by atoms with Crippen LogP contribution in [0.4, 0.5) is 0 Å². The van der Waals surface area contributed by atoms with Crippen LogP contribution in [0.15, 0.2) is 12.3 Å². The Bertz CT molecular complexity index is 267. The van der Waals surface area contributed by atoms with Crippen molar-refractivity contribution in [3.63, 3.8) is 0 Å². The normalized spacial score (nSPS) is 12.5. The molecule has 0 radical (unpaired) electrons. The van der Waals surface area contributed by atoms with Gasteiger partial charge < -0.3 is 14.9 Å². The van der Waals surface area contributed by atoms with Gasteiger partial charge >= 0.3 is 0 Å². The summed E-state index contributed by atoms with van der Waals surface area (Å²) in [6.07, 6.45) is 0.707. The molecule has 1 heterocycles. The minimum absolute atomic E-state index is 0.0347. The van der Waals surface area contributed by atoms with Gasteiger partial charge in [0.15, 0.2) is 0 Å². The predicted molar refractivity (Wildman–Crippen MR) is 45.4 cm³/mol. The van der Waals surface area contributed by atoms with Crippen molar-refractivity contribution in [2.24, 2.45) is 0 Å². The summed E-state index contributed by atoms with van der Waals surface area (Å²) in [5, 5.41) is 17.5. The van der Waals surface area contributed by atoms with Crippen LogP contribution in [0.5, 0.6) is 5.88 Å². The summed E-state index contributed by atoms with van der Waals surface area (Å²) < 4.78 is 5.08. The van der Waals surface area contributed by atoms with Crippen molar-refractivity contribution in [1.82, 2.24) is 9.97 Å². The molecule has 0 saturated heterocycles. The third kappa shape index (κ3) is 3.35. The zero-order valence-corrected chi connectivity index (χ0v) is 7.34. The second-order valence-electron chi connectivity index (χ2n) is 2.59. The first-order valence-corrected chi connectivity index (χ1v) is 3.93. The summed E-state index contributed by atoms with van der Waals surface area (Å²) >= 11 is 0. The van der Waals surface area contributed by atoms with Gasteiger partial charge in [-0.1, -0.05) is 0 Å². The molecular weight excluding hydrogens is 172 g/mol. The highest BCUT2D eigenvalue weighted by Crippen LogP contribution is 2.04. The quantitative estimate of drug-likeness (QED) is 0.660. The van der Waals surface area contributed by atoms with Crippen LogP contribution in [-0.2, 0) is 0 Å². The molecule has 1 unspecified atom stereocenters. The molecule has 1 aromatic rings. The Kier molecular flexibility index (Phi) is 3.60. The van der Waals surface area contributed by atoms with E-state index in [0.29, 0.717) is 11.7 Å². The van der Waals surface area contributed by atoms with E-state index in [-0.39, 0.29) is 13.2 Å². The van der Waals surface area contributed by atoms with Crippen LogP contribution in [0.25, 0.3) is 0 Å². The maximum absolute atomic E-state index is 8.97. The monoisotopic (exact) mass is 184 g/mol. The molecule has 72 valence electrons. The van der Waals surface area contributed by atoms with Crippen LogP contribution >= 0.6 is 0 Å².